The smallest absolute Gasteiger partial charge is 0.304 e. The molecule has 1 heterocycles. The van der Waals surface area contributed by atoms with Gasteiger partial charge in [-0.3, -0.25) is 4.79 Å². The molecule has 0 aliphatic heterocycles. The van der Waals surface area contributed by atoms with Gasteiger partial charge in [-0.05, 0) is 0 Å². The molecule has 0 amide bonds. The van der Waals surface area contributed by atoms with E-state index >= 15 is 0 Å². The monoisotopic (exact) mass is 200 g/mol. The van der Waals surface area contributed by atoms with Crippen molar-refractivity contribution < 1.29 is 0 Å². The van der Waals surface area contributed by atoms with Gasteiger partial charge in [0.25, 0.3) is 0 Å². The van der Waals surface area contributed by atoms with E-state index in [1.54, 1.807) is 11.8 Å². The van der Waals surface area contributed by atoms with Crippen molar-refractivity contribution in [1.82, 2.24) is 4.98 Å². The van der Waals surface area contributed by atoms with Crippen molar-refractivity contribution in [3.63, 3.8) is 0 Å². The average Bonchev–Trinajstić information content (AvgIpc) is 2.45. The van der Waals surface area contributed by atoms with Crippen LogP contribution in [0, 0.1) is 11.3 Å². The van der Waals surface area contributed by atoms with Crippen LogP contribution in [-0.2, 0) is 5.75 Å². The van der Waals surface area contributed by atoms with Crippen molar-refractivity contribution in [3.05, 3.63) is 20.7 Å². The molecule has 0 aliphatic carbocycles. The third-order valence-corrected chi connectivity index (χ3v) is 2.91. The Kier molecular flexibility index (Phi) is 3.91. The fourth-order valence-electron chi connectivity index (χ4n) is 0.685. The molecule has 1 aromatic heterocycles. The zero-order chi connectivity index (χ0) is 8.81. The van der Waals surface area contributed by atoms with E-state index in [9.17, 15) is 4.79 Å². The summed E-state index contributed by atoms with van der Waals surface area (Å²) in [6.07, 6.45) is 0.568. The van der Waals surface area contributed by atoms with Crippen molar-refractivity contribution in [3.8, 4) is 6.07 Å². The molecular weight excluding hydrogens is 192 g/mol. The summed E-state index contributed by atoms with van der Waals surface area (Å²) in [4.78, 5) is 13.4. The molecule has 12 heavy (non-hydrogen) atoms. The summed E-state index contributed by atoms with van der Waals surface area (Å²) in [5.74, 6) is 1.62. The number of hydrogen-bond donors (Lipinski definition) is 1. The highest BCUT2D eigenvalue weighted by Crippen LogP contribution is 2.10. The van der Waals surface area contributed by atoms with Gasteiger partial charge in [0.15, 0.2) is 0 Å². The lowest BCUT2D eigenvalue weighted by Crippen LogP contribution is -1.94. The van der Waals surface area contributed by atoms with Gasteiger partial charge < -0.3 is 4.98 Å². The molecule has 5 heteroatoms. The Morgan fingerprint density at radius 1 is 1.75 bits per heavy atom. The zero-order valence-electron chi connectivity index (χ0n) is 6.37. The predicted octanol–water partition coefficient (Wildman–Crippen LogP) is 1.58. The molecule has 3 nitrogen and oxygen atoms in total. The molecule has 0 bridgehead atoms. The van der Waals surface area contributed by atoms with Crippen LogP contribution < -0.4 is 4.87 Å². The molecular formula is C7H8N2OS2. The van der Waals surface area contributed by atoms with Crippen LogP contribution in [-0.4, -0.2) is 10.7 Å². The lowest BCUT2D eigenvalue weighted by atomic mass is 10.6. The molecule has 0 radical (unpaired) electrons. The van der Waals surface area contributed by atoms with Gasteiger partial charge in [-0.2, -0.15) is 17.0 Å². The number of H-pyrrole nitrogens is 1. The highest BCUT2D eigenvalue weighted by atomic mass is 32.2. The van der Waals surface area contributed by atoms with Crippen LogP contribution in [0.2, 0.25) is 0 Å². The van der Waals surface area contributed by atoms with Crippen LogP contribution in [0.15, 0.2) is 10.2 Å². The Labute approximate surface area is 78.4 Å². The quantitative estimate of drug-likeness (QED) is 0.751. The standard InChI is InChI=1S/C7H8N2OS2/c8-2-1-3-11-4-6-5-12-7(10)9-6/h5H,1,3-4H2,(H,9,10). The zero-order valence-corrected chi connectivity index (χ0v) is 8.00. The number of aromatic amines is 1. The van der Waals surface area contributed by atoms with Crippen LogP contribution in [0.5, 0.6) is 0 Å². The molecule has 1 rings (SSSR count). The topological polar surface area (TPSA) is 56.6 Å². The number of thioether (sulfide) groups is 1. The average molecular weight is 200 g/mol. The van der Waals surface area contributed by atoms with Gasteiger partial charge in [-0.15, -0.1) is 0 Å². The van der Waals surface area contributed by atoms with Gasteiger partial charge in [-0.25, -0.2) is 0 Å². The van der Waals surface area contributed by atoms with E-state index in [2.05, 4.69) is 11.1 Å². The number of thiazole rings is 1. The molecule has 0 unspecified atom stereocenters. The molecule has 0 saturated carbocycles. The Balaban J connectivity index is 2.25. The third-order valence-electron chi connectivity index (χ3n) is 1.19. The minimum atomic E-state index is -0.00844. The normalized spacial score (nSPS) is 9.58. The maximum atomic E-state index is 10.7. The number of nitrogens with zero attached hydrogens (tertiary/aromatic N) is 1. The molecule has 0 aliphatic rings. The molecule has 1 aromatic rings. The molecule has 0 spiro atoms. The number of nitriles is 1. The predicted molar refractivity (Wildman–Crippen MR) is 51.3 cm³/mol. The molecule has 1 N–H and O–H groups in total. The largest absolute Gasteiger partial charge is 0.316 e. The van der Waals surface area contributed by atoms with Crippen LogP contribution in [0.25, 0.3) is 0 Å². The first kappa shape index (κ1) is 9.36. The molecule has 0 aromatic carbocycles. The van der Waals surface area contributed by atoms with Crippen LogP contribution in [0.1, 0.15) is 12.1 Å². The van der Waals surface area contributed by atoms with Crippen LogP contribution in [0.3, 0.4) is 0 Å². The van der Waals surface area contributed by atoms with Crippen molar-refractivity contribution in [2.45, 2.75) is 12.2 Å². The van der Waals surface area contributed by atoms with Gasteiger partial charge in [0, 0.05) is 29.0 Å². The first-order valence-corrected chi connectivity index (χ1v) is 5.48. The van der Waals surface area contributed by atoms with E-state index in [1.165, 1.54) is 11.3 Å². The summed E-state index contributed by atoms with van der Waals surface area (Å²) in [5.41, 5.74) is 0.952. The van der Waals surface area contributed by atoms with Gasteiger partial charge in [0.2, 0.25) is 0 Å². The number of aromatic nitrogens is 1. The molecule has 0 fully saturated rings. The number of rotatable bonds is 4. The van der Waals surface area contributed by atoms with Gasteiger partial charge in [-0.1, -0.05) is 11.3 Å². The summed E-state index contributed by atoms with van der Waals surface area (Å²) in [7, 11) is 0. The second kappa shape index (κ2) is 5.01. The number of hydrogen-bond acceptors (Lipinski definition) is 4. The van der Waals surface area contributed by atoms with E-state index < -0.39 is 0 Å². The van der Waals surface area contributed by atoms with E-state index in [1.807, 2.05) is 5.38 Å². The SMILES string of the molecule is N#CCCSCc1csc(=O)[nH]1. The van der Waals surface area contributed by atoms with E-state index in [4.69, 9.17) is 5.26 Å². The fourth-order valence-corrected chi connectivity index (χ4v) is 2.13. The van der Waals surface area contributed by atoms with Crippen molar-refractivity contribution in [2.75, 3.05) is 5.75 Å². The van der Waals surface area contributed by atoms with E-state index in [0.717, 1.165) is 17.2 Å². The molecule has 0 atom stereocenters. The highest BCUT2D eigenvalue weighted by molar-refractivity contribution is 7.98. The second-order valence-electron chi connectivity index (χ2n) is 2.13. The minimum absolute atomic E-state index is 0.00844. The summed E-state index contributed by atoms with van der Waals surface area (Å²) >= 11 is 2.84. The maximum Gasteiger partial charge on any atom is 0.304 e. The summed E-state index contributed by atoms with van der Waals surface area (Å²) < 4.78 is 0. The van der Waals surface area contributed by atoms with Crippen LogP contribution >= 0.6 is 23.1 Å². The second-order valence-corrected chi connectivity index (χ2v) is 4.08. The first-order chi connectivity index (χ1) is 5.83. The Morgan fingerprint density at radius 2 is 2.58 bits per heavy atom. The molecule has 0 saturated heterocycles. The summed E-state index contributed by atoms with van der Waals surface area (Å²) in [6.45, 7) is 0. The summed E-state index contributed by atoms with van der Waals surface area (Å²) in [6, 6.07) is 2.07. The van der Waals surface area contributed by atoms with E-state index in [-0.39, 0.29) is 4.87 Å². The summed E-state index contributed by atoms with van der Waals surface area (Å²) in [5, 5.41) is 10.1. The van der Waals surface area contributed by atoms with Crippen molar-refractivity contribution in [2.24, 2.45) is 0 Å². The lowest BCUT2D eigenvalue weighted by Gasteiger charge is -1.93. The number of nitrogens with one attached hydrogen (secondary N) is 1. The molecule has 64 valence electrons. The van der Waals surface area contributed by atoms with Gasteiger partial charge in [0.1, 0.15) is 0 Å². The van der Waals surface area contributed by atoms with Crippen molar-refractivity contribution >= 4 is 23.1 Å². The first-order valence-electron chi connectivity index (χ1n) is 3.44. The fraction of sp³-hybridized carbons (Fsp3) is 0.429. The Morgan fingerprint density at radius 3 is 3.17 bits per heavy atom. The van der Waals surface area contributed by atoms with Crippen LogP contribution in [0.4, 0.5) is 0 Å². The Bertz CT molecular complexity index is 323. The van der Waals surface area contributed by atoms with Gasteiger partial charge in [0.05, 0.1) is 6.07 Å². The van der Waals surface area contributed by atoms with Crippen molar-refractivity contribution in [1.29, 1.82) is 5.26 Å². The van der Waals surface area contributed by atoms with E-state index in [0.29, 0.717) is 6.42 Å². The lowest BCUT2D eigenvalue weighted by molar-refractivity contribution is 1.18. The minimum Gasteiger partial charge on any atom is -0.316 e. The Hall–Kier alpha value is -0.730. The third kappa shape index (κ3) is 3.11. The maximum absolute atomic E-state index is 10.7. The van der Waals surface area contributed by atoms with Gasteiger partial charge >= 0.3 is 4.87 Å². The highest BCUT2D eigenvalue weighted by Gasteiger charge is 1.95.